The summed E-state index contributed by atoms with van der Waals surface area (Å²) < 4.78 is 0. The number of anilines is 1. The summed E-state index contributed by atoms with van der Waals surface area (Å²) in [4.78, 5) is 13.0. The molecule has 0 unspecified atom stereocenters. The van der Waals surface area contributed by atoms with Crippen LogP contribution in [0.15, 0.2) is 18.2 Å². The topological polar surface area (TPSA) is 66.6 Å². The van der Waals surface area contributed by atoms with Gasteiger partial charge in [-0.2, -0.15) is 0 Å². The third-order valence-electron chi connectivity index (χ3n) is 3.33. The molecule has 6 heteroatoms. The summed E-state index contributed by atoms with van der Waals surface area (Å²) in [5.74, 6) is -0.850. The Morgan fingerprint density at radius 3 is 2.48 bits per heavy atom. The highest BCUT2D eigenvalue weighted by Crippen LogP contribution is 2.21. The van der Waals surface area contributed by atoms with Gasteiger partial charge in [-0.15, -0.1) is 0 Å². The second-order valence-corrected chi connectivity index (χ2v) is 6.62. The molecule has 0 heterocycles. The molecule has 0 radical (unpaired) electrons. The smallest absolute Gasteiger partial charge is 0.304 e. The van der Waals surface area contributed by atoms with Crippen LogP contribution in [0.2, 0.25) is 0 Å². The first-order valence-electron chi connectivity index (χ1n) is 6.91. The number of nitrogens with zero attached hydrogens (tertiary/aromatic N) is 1. The molecule has 0 saturated heterocycles. The molecule has 0 spiro atoms. The van der Waals surface area contributed by atoms with Gasteiger partial charge in [0.25, 0.3) is 0 Å². The van der Waals surface area contributed by atoms with Crippen LogP contribution < -0.4 is 10.6 Å². The third-order valence-corrected chi connectivity index (χ3v) is 4.03. The lowest BCUT2D eigenvalue weighted by atomic mass is 9.99. The van der Waals surface area contributed by atoms with Gasteiger partial charge in [0.15, 0.2) is 0 Å². The van der Waals surface area contributed by atoms with Gasteiger partial charge in [0, 0.05) is 35.5 Å². The minimum atomic E-state index is -0.850. The molecule has 0 aliphatic heterocycles. The van der Waals surface area contributed by atoms with E-state index < -0.39 is 5.97 Å². The number of carboxylic acid groups (broad SMARTS) is 1. The number of aliphatic carboxylic acids is 1. The molecule has 0 amide bonds. The number of aryl methyl sites for hydroxylation is 1. The quantitative estimate of drug-likeness (QED) is 0.601. The van der Waals surface area contributed by atoms with Crippen LogP contribution in [0.25, 0.3) is 0 Å². The molecule has 0 saturated carbocycles. The van der Waals surface area contributed by atoms with E-state index in [0.29, 0.717) is 6.42 Å². The van der Waals surface area contributed by atoms with Gasteiger partial charge in [-0.25, -0.2) is 0 Å². The number of carboxylic acids is 1. The monoisotopic (exact) mass is 420 g/mol. The Hall–Kier alpha value is -0.590. The van der Waals surface area contributed by atoms with Gasteiger partial charge in [0.1, 0.15) is 0 Å². The van der Waals surface area contributed by atoms with Crippen molar-refractivity contribution in [3.8, 4) is 0 Å². The van der Waals surface area contributed by atoms with Crippen molar-refractivity contribution in [2.45, 2.75) is 25.8 Å². The Morgan fingerprint density at radius 2 is 1.95 bits per heavy atom. The van der Waals surface area contributed by atoms with Gasteiger partial charge in [-0.3, -0.25) is 4.79 Å². The maximum absolute atomic E-state index is 10.7. The van der Waals surface area contributed by atoms with Crippen molar-refractivity contribution in [2.75, 3.05) is 28.6 Å². The van der Waals surface area contributed by atoms with Crippen molar-refractivity contribution in [3.63, 3.8) is 0 Å². The molecule has 3 N–H and O–H groups in total. The zero-order valence-corrected chi connectivity index (χ0v) is 15.4. The summed E-state index contributed by atoms with van der Waals surface area (Å²) in [6.07, 6.45) is 0.582. The molecule has 118 valence electrons. The summed E-state index contributed by atoms with van der Waals surface area (Å²) in [5, 5.41) is 10.6. The zero-order chi connectivity index (χ0) is 15.8. The Bertz CT molecular complexity index is 463. The number of hydrogen-bond acceptors (Lipinski definition) is 3. The van der Waals surface area contributed by atoms with Crippen molar-refractivity contribution >= 4 is 43.5 Å². The van der Waals surface area contributed by atoms with E-state index in [9.17, 15) is 4.79 Å². The normalized spacial score (nSPS) is 12.2. The summed E-state index contributed by atoms with van der Waals surface area (Å²) in [6.45, 7) is 3.89. The molecule has 0 aromatic heterocycles. The van der Waals surface area contributed by atoms with Gasteiger partial charge in [0.05, 0.1) is 6.42 Å². The molecular weight excluding hydrogens is 400 g/mol. The van der Waals surface area contributed by atoms with E-state index in [-0.39, 0.29) is 12.5 Å². The second kappa shape index (κ2) is 9.43. The number of nitrogens with two attached hydrogens (primary N) is 1. The van der Waals surface area contributed by atoms with Crippen LogP contribution in [-0.4, -0.2) is 40.9 Å². The number of benzene rings is 1. The molecule has 1 atom stereocenters. The van der Waals surface area contributed by atoms with Crippen molar-refractivity contribution in [2.24, 2.45) is 5.73 Å². The lowest BCUT2D eigenvalue weighted by molar-refractivity contribution is -0.137. The number of carbonyl (C=O) groups is 1. The zero-order valence-electron chi connectivity index (χ0n) is 12.2. The summed E-state index contributed by atoms with van der Waals surface area (Å²) in [5.41, 5.74) is 9.33. The number of hydrogen-bond donors (Lipinski definition) is 2. The molecule has 1 aromatic rings. The van der Waals surface area contributed by atoms with Gasteiger partial charge in [-0.05, 0) is 36.6 Å². The minimum absolute atomic E-state index is 0.00379. The average Bonchev–Trinajstić information content (AvgIpc) is 2.40. The fraction of sp³-hybridized carbons (Fsp3) is 0.533. The highest BCUT2D eigenvalue weighted by Gasteiger charge is 2.12. The van der Waals surface area contributed by atoms with Crippen LogP contribution >= 0.6 is 31.9 Å². The Labute approximate surface area is 143 Å². The first-order chi connectivity index (χ1) is 9.97. The molecule has 0 aliphatic carbocycles. The van der Waals surface area contributed by atoms with Crippen LogP contribution in [0.5, 0.6) is 0 Å². The van der Waals surface area contributed by atoms with Crippen molar-refractivity contribution < 1.29 is 9.90 Å². The molecule has 0 fully saturated rings. The lowest BCUT2D eigenvalue weighted by Crippen LogP contribution is -2.28. The summed E-state index contributed by atoms with van der Waals surface area (Å²) in [6, 6.07) is 5.96. The number of alkyl halides is 2. The van der Waals surface area contributed by atoms with Crippen LogP contribution in [0.4, 0.5) is 5.69 Å². The fourth-order valence-electron chi connectivity index (χ4n) is 2.23. The number of rotatable bonds is 9. The van der Waals surface area contributed by atoms with Crippen LogP contribution in [0.1, 0.15) is 17.5 Å². The molecule has 0 bridgehead atoms. The second-order valence-electron chi connectivity index (χ2n) is 5.04. The minimum Gasteiger partial charge on any atom is -0.481 e. The van der Waals surface area contributed by atoms with E-state index in [2.05, 4.69) is 55.0 Å². The van der Waals surface area contributed by atoms with Gasteiger partial charge in [-0.1, -0.05) is 37.9 Å². The highest BCUT2D eigenvalue weighted by molar-refractivity contribution is 9.09. The first-order valence-corrected chi connectivity index (χ1v) is 9.16. The van der Waals surface area contributed by atoms with E-state index in [0.717, 1.165) is 40.6 Å². The van der Waals surface area contributed by atoms with E-state index in [1.165, 1.54) is 0 Å². The van der Waals surface area contributed by atoms with Crippen molar-refractivity contribution in [1.29, 1.82) is 0 Å². The highest BCUT2D eigenvalue weighted by atomic mass is 79.9. The van der Waals surface area contributed by atoms with Crippen LogP contribution in [0.3, 0.4) is 0 Å². The lowest BCUT2D eigenvalue weighted by Gasteiger charge is -2.24. The average molecular weight is 422 g/mol. The molecule has 0 aliphatic rings. The SMILES string of the molecule is Cc1ccc(N(CCBr)CCBr)cc1C[C@@H](N)CC(=O)O. The molecule has 4 nitrogen and oxygen atoms in total. The van der Waals surface area contributed by atoms with E-state index in [4.69, 9.17) is 10.8 Å². The predicted molar refractivity (Wildman–Crippen MR) is 94.9 cm³/mol. The Kier molecular flexibility index (Phi) is 8.29. The van der Waals surface area contributed by atoms with Gasteiger partial charge < -0.3 is 15.7 Å². The van der Waals surface area contributed by atoms with Crippen molar-refractivity contribution in [3.05, 3.63) is 29.3 Å². The fourth-order valence-corrected chi connectivity index (χ4v) is 3.08. The van der Waals surface area contributed by atoms with Gasteiger partial charge in [0.2, 0.25) is 0 Å². The summed E-state index contributed by atoms with van der Waals surface area (Å²) >= 11 is 6.95. The predicted octanol–water partition coefficient (Wildman–Crippen LogP) is 2.94. The maximum Gasteiger partial charge on any atom is 0.304 e. The molecule has 1 aromatic carbocycles. The van der Waals surface area contributed by atoms with Crippen LogP contribution in [0, 0.1) is 6.92 Å². The molecule has 21 heavy (non-hydrogen) atoms. The standard InChI is InChI=1S/C15H22Br2N2O2/c1-11-2-3-14(19(6-4-16)7-5-17)9-12(11)8-13(18)10-15(20)21/h2-3,9,13H,4-8,10,18H2,1H3,(H,20,21)/t13-/m1/s1. The maximum atomic E-state index is 10.7. The van der Waals surface area contributed by atoms with E-state index >= 15 is 0 Å². The van der Waals surface area contributed by atoms with Crippen LogP contribution in [-0.2, 0) is 11.2 Å². The van der Waals surface area contributed by atoms with E-state index in [1.807, 2.05) is 6.92 Å². The number of halogens is 2. The molecule has 1 rings (SSSR count). The van der Waals surface area contributed by atoms with Gasteiger partial charge >= 0.3 is 5.97 Å². The third kappa shape index (κ3) is 6.36. The Balaban J connectivity index is 2.89. The van der Waals surface area contributed by atoms with E-state index in [1.54, 1.807) is 0 Å². The molecular formula is C15H22Br2N2O2. The summed E-state index contributed by atoms with van der Waals surface area (Å²) in [7, 11) is 0. The Morgan fingerprint density at radius 1 is 1.33 bits per heavy atom. The largest absolute Gasteiger partial charge is 0.481 e. The first kappa shape index (κ1) is 18.5. The van der Waals surface area contributed by atoms with Crippen molar-refractivity contribution in [1.82, 2.24) is 0 Å².